The summed E-state index contributed by atoms with van der Waals surface area (Å²) in [6, 6.07) is 0. The summed E-state index contributed by atoms with van der Waals surface area (Å²) in [7, 11) is 0. The van der Waals surface area contributed by atoms with Crippen molar-refractivity contribution in [2.45, 2.75) is 31.3 Å². The number of hydrogen-bond acceptors (Lipinski definition) is 3. The second-order valence-corrected chi connectivity index (χ2v) is 5.05. The Morgan fingerprint density at radius 2 is 2.00 bits per heavy atom. The Kier molecular flexibility index (Phi) is 5.70. The first-order chi connectivity index (χ1) is 6.33. The molecule has 0 radical (unpaired) electrons. The molecule has 1 heterocycles. The Labute approximate surface area is 97.1 Å². The Hall–Kier alpha value is 0.160. The zero-order chi connectivity index (χ0) is 9.52. The van der Waals surface area contributed by atoms with E-state index in [1.807, 2.05) is 12.4 Å². The van der Waals surface area contributed by atoms with E-state index in [1.165, 1.54) is 19.3 Å². The number of thioether (sulfide) groups is 1. The van der Waals surface area contributed by atoms with Crippen molar-refractivity contribution in [1.29, 1.82) is 0 Å². The molecule has 0 aliphatic rings. The molecule has 0 atom stereocenters. The third-order valence-corrected chi connectivity index (χ3v) is 3.09. The van der Waals surface area contributed by atoms with Gasteiger partial charge >= 0.3 is 0 Å². The van der Waals surface area contributed by atoms with Crippen molar-refractivity contribution in [3.05, 3.63) is 16.0 Å². The topological polar surface area (TPSA) is 25.8 Å². The van der Waals surface area contributed by atoms with Crippen LogP contribution in [0.25, 0.3) is 0 Å². The molecule has 0 aliphatic carbocycles. The lowest BCUT2D eigenvalue weighted by atomic mass is 10.3. The lowest BCUT2D eigenvalue weighted by Gasteiger charge is -1.98. The zero-order valence-corrected chi connectivity index (χ0v) is 10.6. The number of nitrogens with zero attached hydrogens (tertiary/aromatic N) is 2. The van der Waals surface area contributed by atoms with E-state index in [0.29, 0.717) is 0 Å². The van der Waals surface area contributed by atoms with E-state index in [1.54, 1.807) is 11.8 Å². The molecule has 0 aliphatic heterocycles. The molecule has 4 heteroatoms. The van der Waals surface area contributed by atoms with Crippen LogP contribution in [0, 0.1) is 3.57 Å². The Balaban J connectivity index is 2.25. The second kappa shape index (κ2) is 6.59. The van der Waals surface area contributed by atoms with Gasteiger partial charge in [-0.05, 0) is 29.0 Å². The Bertz CT molecular complexity index is 238. The van der Waals surface area contributed by atoms with E-state index in [4.69, 9.17) is 0 Å². The molecule has 0 N–H and O–H groups in total. The minimum atomic E-state index is 0.900. The van der Waals surface area contributed by atoms with Crippen LogP contribution in [0.15, 0.2) is 17.6 Å². The first-order valence-electron chi connectivity index (χ1n) is 4.43. The molecule has 0 bridgehead atoms. The van der Waals surface area contributed by atoms with E-state index in [0.717, 1.165) is 14.5 Å². The average molecular weight is 308 g/mol. The number of hydrogen-bond donors (Lipinski definition) is 0. The highest BCUT2D eigenvalue weighted by Crippen LogP contribution is 2.14. The van der Waals surface area contributed by atoms with Gasteiger partial charge in [0.25, 0.3) is 0 Å². The first kappa shape index (κ1) is 11.2. The largest absolute Gasteiger partial charge is 0.230 e. The van der Waals surface area contributed by atoms with Crippen LogP contribution in [0.4, 0.5) is 0 Å². The van der Waals surface area contributed by atoms with Crippen LogP contribution in [0.3, 0.4) is 0 Å². The highest BCUT2D eigenvalue weighted by Gasteiger charge is 1.96. The minimum absolute atomic E-state index is 0.900. The average Bonchev–Trinajstić information content (AvgIpc) is 2.15. The SMILES string of the molecule is CCCCCSc1ncc(I)cn1. The van der Waals surface area contributed by atoms with Gasteiger partial charge in [0.1, 0.15) is 0 Å². The summed E-state index contributed by atoms with van der Waals surface area (Å²) in [5.74, 6) is 1.13. The summed E-state index contributed by atoms with van der Waals surface area (Å²) in [5.41, 5.74) is 0. The third-order valence-electron chi connectivity index (χ3n) is 1.58. The Morgan fingerprint density at radius 3 is 2.62 bits per heavy atom. The fraction of sp³-hybridized carbons (Fsp3) is 0.556. The van der Waals surface area contributed by atoms with Gasteiger partial charge in [0.05, 0.1) is 0 Å². The molecule has 2 nitrogen and oxygen atoms in total. The van der Waals surface area contributed by atoms with Crippen molar-refractivity contribution in [3.63, 3.8) is 0 Å². The molecule has 0 aromatic carbocycles. The molecule has 0 fully saturated rings. The summed E-state index contributed by atoms with van der Waals surface area (Å²) in [5, 5.41) is 0.900. The molecule has 72 valence electrons. The molecule has 0 spiro atoms. The predicted molar refractivity (Wildman–Crippen MR) is 65.0 cm³/mol. The predicted octanol–water partition coefficient (Wildman–Crippen LogP) is 3.36. The molecule has 1 aromatic heterocycles. The Morgan fingerprint density at radius 1 is 1.31 bits per heavy atom. The minimum Gasteiger partial charge on any atom is -0.230 e. The highest BCUT2D eigenvalue weighted by atomic mass is 127. The number of aromatic nitrogens is 2. The maximum atomic E-state index is 4.22. The van der Waals surface area contributed by atoms with Gasteiger partial charge in [0, 0.05) is 21.7 Å². The van der Waals surface area contributed by atoms with Gasteiger partial charge in [-0.15, -0.1) is 0 Å². The van der Waals surface area contributed by atoms with Crippen molar-refractivity contribution < 1.29 is 0 Å². The maximum absolute atomic E-state index is 4.22. The first-order valence-corrected chi connectivity index (χ1v) is 6.49. The molecule has 1 rings (SSSR count). The normalized spacial score (nSPS) is 10.3. The van der Waals surface area contributed by atoms with Crippen molar-refractivity contribution in [3.8, 4) is 0 Å². The summed E-state index contributed by atoms with van der Waals surface area (Å²) in [4.78, 5) is 8.44. The van der Waals surface area contributed by atoms with E-state index in [2.05, 4.69) is 39.5 Å². The van der Waals surface area contributed by atoms with Gasteiger partial charge in [-0.1, -0.05) is 31.5 Å². The van der Waals surface area contributed by atoms with Gasteiger partial charge in [-0.2, -0.15) is 0 Å². The van der Waals surface area contributed by atoms with Crippen molar-refractivity contribution in [2.24, 2.45) is 0 Å². The molecule has 0 saturated heterocycles. The van der Waals surface area contributed by atoms with Crippen molar-refractivity contribution >= 4 is 34.4 Å². The molecule has 0 saturated carbocycles. The van der Waals surface area contributed by atoms with Crippen molar-refractivity contribution in [1.82, 2.24) is 9.97 Å². The van der Waals surface area contributed by atoms with Crippen LogP contribution >= 0.6 is 34.4 Å². The highest BCUT2D eigenvalue weighted by molar-refractivity contribution is 14.1. The fourth-order valence-electron chi connectivity index (χ4n) is 0.890. The summed E-state index contributed by atoms with van der Waals surface area (Å²) in [6.45, 7) is 2.21. The van der Waals surface area contributed by atoms with E-state index < -0.39 is 0 Å². The van der Waals surface area contributed by atoms with Gasteiger partial charge in [-0.25, -0.2) is 9.97 Å². The molecular formula is C9H13IN2S. The van der Waals surface area contributed by atoms with Crippen LogP contribution in [-0.2, 0) is 0 Å². The van der Waals surface area contributed by atoms with Crippen LogP contribution in [0.5, 0.6) is 0 Å². The van der Waals surface area contributed by atoms with E-state index >= 15 is 0 Å². The van der Waals surface area contributed by atoms with Crippen LogP contribution in [0.2, 0.25) is 0 Å². The second-order valence-electron chi connectivity index (χ2n) is 2.74. The number of halogens is 1. The van der Waals surface area contributed by atoms with Gasteiger partial charge < -0.3 is 0 Å². The zero-order valence-electron chi connectivity index (χ0n) is 7.66. The standard InChI is InChI=1S/C9H13IN2S/c1-2-3-4-5-13-9-11-6-8(10)7-12-9/h6-7H,2-5H2,1H3. The molecule has 1 aromatic rings. The lowest BCUT2D eigenvalue weighted by Crippen LogP contribution is -1.88. The third kappa shape index (κ3) is 4.81. The summed E-state index contributed by atoms with van der Waals surface area (Å²) >= 11 is 3.96. The van der Waals surface area contributed by atoms with Crippen LogP contribution < -0.4 is 0 Å². The monoisotopic (exact) mass is 308 g/mol. The van der Waals surface area contributed by atoms with Gasteiger partial charge in [0.2, 0.25) is 0 Å². The van der Waals surface area contributed by atoms with Crippen LogP contribution in [-0.4, -0.2) is 15.7 Å². The smallest absolute Gasteiger partial charge is 0.187 e. The van der Waals surface area contributed by atoms with Crippen LogP contribution in [0.1, 0.15) is 26.2 Å². The number of unbranched alkanes of at least 4 members (excludes halogenated alkanes) is 2. The molecule has 13 heavy (non-hydrogen) atoms. The molecule has 0 amide bonds. The van der Waals surface area contributed by atoms with E-state index in [9.17, 15) is 0 Å². The fourth-order valence-corrected chi connectivity index (χ4v) is 1.95. The lowest BCUT2D eigenvalue weighted by molar-refractivity contribution is 0.777. The number of rotatable bonds is 5. The van der Waals surface area contributed by atoms with E-state index in [-0.39, 0.29) is 0 Å². The van der Waals surface area contributed by atoms with Gasteiger partial charge in [-0.3, -0.25) is 0 Å². The summed E-state index contributed by atoms with van der Waals surface area (Å²) in [6.07, 6.45) is 7.55. The van der Waals surface area contributed by atoms with Gasteiger partial charge in [0.15, 0.2) is 5.16 Å². The summed E-state index contributed by atoms with van der Waals surface area (Å²) < 4.78 is 1.09. The molecule has 0 unspecified atom stereocenters. The molecular weight excluding hydrogens is 295 g/mol. The quantitative estimate of drug-likeness (QED) is 0.361. The van der Waals surface area contributed by atoms with Crippen molar-refractivity contribution in [2.75, 3.05) is 5.75 Å². The maximum Gasteiger partial charge on any atom is 0.187 e.